The van der Waals surface area contributed by atoms with Crippen LogP contribution in [0.25, 0.3) is 4.48 Å². The van der Waals surface area contributed by atoms with Crippen molar-refractivity contribution in [1.82, 2.24) is 0 Å². The second-order valence-electron chi connectivity index (χ2n) is 4.98. The maximum Gasteiger partial charge on any atom is 0.0718 e. The highest BCUT2D eigenvalue weighted by Crippen LogP contribution is 2.18. The SMILES string of the molecule is C=C(Br)c1ccc(COCCOCCOCCOCCOC)cc1. The Labute approximate surface area is 153 Å². The molecule has 136 valence electrons. The van der Waals surface area contributed by atoms with E-state index in [0.717, 1.165) is 15.6 Å². The summed E-state index contributed by atoms with van der Waals surface area (Å²) in [4.78, 5) is 0. The third-order valence-corrected chi connectivity index (χ3v) is 3.54. The van der Waals surface area contributed by atoms with E-state index in [0.29, 0.717) is 59.5 Å². The smallest absolute Gasteiger partial charge is 0.0718 e. The third-order valence-electron chi connectivity index (χ3n) is 3.08. The van der Waals surface area contributed by atoms with Gasteiger partial charge in [0.25, 0.3) is 0 Å². The van der Waals surface area contributed by atoms with Crippen molar-refractivity contribution >= 4 is 20.4 Å². The van der Waals surface area contributed by atoms with Crippen LogP contribution in [0, 0.1) is 0 Å². The molecule has 0 atom stereocenters. The van der Waals surface area contributed by atoms with E-state index in [4.69, 9.17) is 23.7 Å². The topological polar surface area (TPSA) is 46.2 Å². The molecule has 0 fully saturated rings. The molecule has 0 aliphatic heterocycles. The van der Waals surface area contributed by atoms with Crippen LogP contribution < -0.4 is 0 Å². The highest BCUT2D eigenvalue weighted by atomic mass is 79.9. The summed E-state index contributed by atoms with van der Waals surface area (Å²) in [6.07, 6.45) is 0. The Bertz CT molecular complexity index is 436. The monoisotopic (exact) mass is 402 g/mol. The summed E-state index contributed by atoms with van der Waals surface area (Å²) in [6, 6.07) is 8.10. The first-order chi connectivity index (χ1) is 11.7. The minimum absolute atomic E-state index is 0.559. The van der Waals surface area contributed by atoms with Gasteiger partial charge < -0.3 is 23.7 Å². The normalized spacial score (nSPS) is 10.9. The maximum absolute atomic E-state index is 5.57. The Morgan fingerprint density at radius 3 is 1.71 bits per heavy atom. The fraction of sp³-hybridized carbons (Fsp3) is 0.556. The number of methoxy groups -OCH3 is 1. The summed E-state index contributed by atoms with van der Waals surface area (Å²) in [5.74, 6) is 0. The second kappa shape index (κ2) is 14.6. The zero-order valence-corrected chi connectivity index (χ0v) is 15.9. The van der Waals surface area contributed by atoms with Crippen molar-refractivity contribution in [1.29, 1.82) is 0 Å². The highest BCUT2D eigenvalue weighted by Gasteiger charge is 1.97. The number of hydrogen-bond donors (Lipinski definition) is 0. The molecule has 6 heteroatoms. The average Bonchev–Trinajstić information content (AvgIpc) is 2.59. The van der Waals surface area contributed by atoms with Gasteiger partial charge in [0.1, 0.15) is 0 Å². The molecule has 5 nitrogen and oxygen atoms in total. The van der Waals surface area contributed by atoms with Crippen molar-refractivity contribution in [3.05, 3.63) is 42.0 Å². The fourth-order valence-electron chi connectivity index (χ4n) is 1.77. The molecule has 0 bridgehead atoms. The van der Waals surface area contributed by atoms with E-state index in [1.165, 1.54) is 0 Å². The van der Waals surface area contributed by atoms with Gasteiger partial charge >= 0.3 is 0 Å². The largest absolute Gasteiger partial charge is 0.382 e. The van der Waals surface area contributed by atoms with Gasteiger partial charge in [0, 0.05) is 11.6 Å². The molecule has 0 unspecified atom stereocenters. The van der Waals surface area contributed by atoms with Crippen LogP contribution in [0.15, 0.2) is 30.8 Å². The van der Waals surface area contributed by atoms with Gasteiger partial charge in [-0.05, 0) is 11.1 Å². The van der Waals surface area contributed by atoms with E-state index in [2.05, 4.69) is 22.5 Å². The molecule has 0 aliphatic rings. The molecule has 0 aromatic heterocycles. The maximum atomic E-state index is 5.57. The molecule has 0 saturated carbocycles. The van der Waals surface area contributed by atoms with Crippen LogP contribution in [-0.4, -0.2) is 60.0 Å². The van der Waals surface area contributed by atoms with Crippen molar-refractivity contribution in [3.63, 3.8) is 0 Å². The van der Waals surface area contributed by atoms with Gasteiger partial charge in [0.05, 0.1) is 59.5 Å². The summed E-state index contributed by atoms with van der Waals surface area (Å²) >= 11 is 3.36. The van der Waals surface area contributed by atoms with Crippen LogP contribution in [0.1, 0.15) is 11.1 Å². The number of halogens is 1. The first-order valence-electron chi connectivity index (χ1n) is 7.97. The number of ether oxygens (including phenoxy) is 5. The van der Waals surface area contributed by atoms with Gasteiger partial charge in [-0.25, -0.2) is 0 Å². The molecule has 24 heavy (non-hydrogen) atoms. The molecule has 1 aromatic rings. The summed E-state index contributed by atoms with van der Waals surface area (Å²) in [5.41, 5.74) is 2.20. The van der Waals surface area contributed by atoms with E-state index in [1.807, 2.05) is 24.3 Å². The highest BCUT2D eigenvalue weighted by molar-refractivity contribution is 9.15. The standard InChI is InChI=1S/C18H27BrO5/c1-16(19)18-5-3-17(4-6-18)15-24-14-13-23-12-11-22-10-9-21-8-7-20-2/h3-6H,1,7-15H2,2H3. The molecule has 1 aromatic carbocycles. The van der Waals surface area contributed by atoms with Gasteiger partial charge in [0.2, 0.25) is 0 Å². The van der Waals surface area contributed by atoms with Crippen molar-refractivity contribution in [2.24, 2.45) is 0 Å². The van der Waals surface area contributed by atoms with Crippen molar-refractivity contribution in [2.45, 2.75) is 6.61 Å². The summed E-state index contributed by atoms with van der Waals surface area (Å²) in [5, 5.41) is 0. The van der Waals surface area contributed by atoms with E-state index in [-0.39, 0.29) is 0 Å². The van der Waals surface area contributed by atoms with Crippen LogP contribution >= 0.6 is 15.9 Å². The zero-order chi connectivity index (χ0) is 17.5. The molecule has 1 rings (SSSR count). The lowest BCUT2D eigenvalue weighted by Crippen LogP contribution is -2.12. The van der Waals surface area contributed by atoms with Crippen LogP contribution in [0.5, 0.6) is 0 Å². The predicted molar refractivity (Wildman–Crippen MR) is 98.4 cm³/mol. The van der Waals surface area contributed by atoms with Crippen LogP contribution in [-0.2, 0) is 30.3 Å². The van der Waals surface area contributed by atoms with Gasteiger partial charge in [-0.15, -0.1) is 0 Å². The van der Waals surface area contributed by atoms with Crippen LogP contribution in [0.3, 0.4) is 0 Å². The molecular formula is C18H27BrO5. The minimum atomic E-state index is 0.559. The van der Waals surface area contributed by atoms with E-state index >= 15 is 0 Å². The van der Waals surface area contributed by atoms with Crippen molar-refractivity contribution in [2.75, 3.05) is 60.0 Å². The number of benzene rings is 1. The van der Waals surface area contributed by atoms with Crippen LogP contribution in [0.2, 0.25) is 0 Å². The van der Waals surface area contributed by atoms with Gasteiger partial charge in [-0.2, -0.15) is 0 Å². The Hall–Kier alpha value is -0.760. The molecule has 0 radical (unpaired) electrons. The summed E-state index contributed by atoms with van der Waals surface area (Å²) in [7, 11) is 1.65. The van der Waals surface area contributed by atoms with E-state index < -0.39 is 0 Å². The molecule has 0 N–H and O–H groups in total. The fourth-order valence-corrected chi connectivity index (χ4v) is 2.04. The molecule has 0 spiro atoms. The second-order valence-corrected chi connectivity index (χ2v) is 5.94. The molecule has 0 saturated heterocycles. The molecular weight excluding hydrogens is 376 g/mol. The quantitative estimate of drug-likeness (QED) is 0.421. The Kier molecular flexibility index (Phi) is 12.9. The lowest BCUT2D eigenvalue weighted by atomic mass is 10.1. The molecule has 0 heterocycles. The molecule has 0 amide bonds. The average molecular weight is 403 g/mol. The first kappa shape index (κ1) is 21.3. The number of rotatable bonds is 15. The predicted octanol–water partition coefficient (Wildman–Crippen LogP) is 3.27. The Morgan fingerprint density at radius 2 is 1.25 bits per heavy atom. The number of hydrogen-bond acceptors (Lipinski definition) is 5. The van der Waals surface area contributed by atoms with Gasteiger partial charge in [-0.1, -0.05) is 46.8 Å². The van der Waals surface area contributed by atoms with Crippen LogP contribution in [0.4, 0.5) is 0 Å². The summed E-state index contributed by atoms with van der Waals surface area (Å²) in [6.45, 7) is 9.02. The first-order valence-corrected chi connectivity index (χ1v) is 8.77. The van der Waals surface area contributed by atoms with Gasteiger partial charge in [-0.3, -0.25) is 0 Å². The Balaban J connectivity index is 1.87. The minimum Gasteiger partial charge on any atom is -0.382 e. The van der Waals surface area contributed by atoms with E-state index in [9.17, 15) is 0 Å². The van der Waals surface area contributed by atoms with Gasteiger partial charge in [0.15, 0.2) is 0 Å². The van der Waals surface area contributed by atoms with Crippen molar-refractivity contribution < 1.29 is 23.7 Å². The van der Waals surface area contributed by atoms with Crippen molar-refractivity contribution in [3.8, 4) is 0 Å². The Morgan fingerprint density at radius 1 is 0.792 bits per heavy atom. The summed E-state index contributed by atoms with van der Waals surface area (Å²) < 4.78 is 27.4. The lowest BCUT2D eigenvalue weighted by Gasteiger charge is -2.08. The zero-order valence-electron chi connectivity index (χ0n) is 14.3. The molecule has 0 aliphatic carbocycles. The third kappa shape index (κ3) is 10.9. The van der Waals surface area contributed by atoms with E-state index in [1.54, 1.807) is 7.11 Å². The lowest BCUT2D eigenvalue weighted by molar-refractivity contribution is -0.00948.